The fourth-order valence-electron chi connectivity index (χ4n) is 0.613. The Morgan fingerprint density at radius 1 is 1.54 bits per heavy atom. The smallest absolute Gasteiger partial charge is 0.261 e. The summed E-state index contributed by atoms with van der Waals surface area (Å²) in [4.78, 5) is 10.1. The number of alkyl halides is 3. The van der Waals surface area contributed by atoms with E-state index in [9.17, 15) is 4.79 Å². The zero-order chi connectivity index (χ0) is 10.6. The number of hydrogen-bond donors (Lipinski definition) is 2. The number of halogens is 3. The van der Waals surface area contributed by atoms with Gasteiger partial charge < -0.3 is 0 Å². The van der Waals surface area contributed by atoms with Crippen LogP contribution in [0.1, 0.15) is 0 Å². The molecule has 4 nitrogen and oxygen atoms in total. The Morgan fingerprint density at radius 3 is 2.23 bits per heavy atom. The third-order valence-corrected chi connectivity index (χ3v) is 3.40. The first kappa shape index (κ1) is 13.9. The van der Waals surface area contributed by atoms with E-state index in [4.69, 9.17) is 57.6 Å². The fraction of sp³-hybridized carbons (Fsp3) is 0.750. The SMILES string of the molecule is NP(N)(=S)N(CCCl)C(=O)C(Cl)Cl. The molecule has 0 saturated carbocycles. The van der Waals surface area contributed by atoms with Crippen molar-refractivity contribution in [2.75, 3.05) is 12.4 Å². The van der Waals surface area contributed by atoms with Crippen molar-refractivity contribution in [1.82, 2.24) is 4.67 Å². The van der Waals surface area contributed by atoms with E-state index in [0.717, 1.165) is 4.67 Å². The van der Waals surface area contributed by atoms with Crippen molar-refractivity contribution >= 4 is 59.0 Å². The Balaban J connectivity index is 4.62. The second-order valence-corrected chi connectivity index (χ2v) is 7.18. The lowest BCUT2D eigenvalue weighted by atomic mass is 10.6. The van der Waals surface area contributed by atoms with Crippen LogP contribution in [0.3, 0.4) is 0 Å². The van der Waals surface area contributed by atoms with E-state index in [1.54, 1.807) is 0 Å². The minimum Gasteiger partial charge on any atom is -0.288 e. The number of nitrogens with zero attached hydrogens (tertiary/aromatic N) is 1. The molecule has 13 heavy (non-hydrogen) atoms. The molecular weight excluding hydrogens is 275 g/mol. The quantitative estimate of drug-likeness (QED) is 0.597. The minimum atomic E-state index is -2.84. The summed E-state index contributed by atoms with van der Waals surface area (Å²) in [6.07, 6.45) is 0. The zero-order valence-electron chi connectivity index (χ0n) is 6.49. The Kier molecular flexibility index (Phi) is 6.11. The van der Waals surface area contributed by atoms with Gasteiger partial charge in [-0.15, -0.1) is 11.6 Å². The topological polar surface area (TPSA) is 72.3 Å². The molecule has 0 aliphatic heterocycles. The van der Waals surface area contributed by atoms with E-state index >= 15 is 0 Å². The van der Waals surface area contributed by atoms with Crippen LogP contribution < -0.4 is 11.0 Å². The van der Waals surface area contributed by atoms with E-state index in [1.165, 1.54) is 0 Å². The van der Waals surface area contributed by atoms with Crippen LogP contribution in [0.5, 0.6) is 0 Å². The second kappa shape index (κ2) is 5.71. The van der Waals surface area contributed by atoms with Crippen molar-refractivity contribution in [2.45, 2.75) is 4.84 Å². The van der Waals surface area contributed by atoms with E-state index in [0.29, 0.717) is 0 Å². The maximum absolute atomic E-state index is 11.3. The summed E-state index contributed by atoms with van der Waals surface area (Å²) in [5.41, 5.74) is 10.9. The molecule has 0 unspecified atom stereocenters. The first-order valence-corrected chi connectivity index (χ1v) is 7.44. The maximum atomic E-state index is 11.3. The van der Waals surface area contributed by atoms with Gasteiger partial charge in [-0.05, 0) is 11.8 Å². The highest BCUT2D eigenvalue weighted by Crippen LogP contribution is 2.33. The second-order valence-electron chi connectivity index (χ2n) is 2.12. The standard InChI is InChI=1S/C4H9Cl3N3OPS/c5-1-2-10(12(8,9)13)4(11)3(6)7/h3H,1-2H2,(H4,8,9,13). The molecule has 0 aromatic carbocycles. The third-order valence-electron chi connectivity index (χ3n) is 1.11. The molecule has 0 aromatic rings. The van der Waals surface area contributed by atoms with Gasteiger partial charge in [0.1, 0.15) is 0 Å². The Hall–Kier alpha value is 0.910. The van der Waals surface area contributed by atoms with Crippen LogP contribution >= 0.6 is 41.3 Å². The van der Waals surface area contributed by atoms with E-state index in [-0.39, 0.29) is 12.4 Å². The average Bonchev–Trinajstić information content (AvgIpc) is 1.96. The Morgan fingerprint density at radius 2 is 2.00 bits per heavy atom. The van der Waals surface area contributed by atoms with E-state index in [2.05, 4.69) is 0 Å². The Labute approximate surface area is 96.6 Å². The van der Waals surface area contributed by atoms with Gasteiger partial charge in [0.2, 0.25) is 0 Å². The fourth-order valence-corrected chi connectivity index (χ4v) is 2.59. The van der Waals surface area contributed by atoms with Gasteiger partial charge in [-0.25, -0.2) is 0 Å². The molecule has 0 heterocycles. The normalized spacial score (nSPS) is 11.8. The van der Waals surface area contributed by atoms with Crippen molar-refractivity contribution in [3.63, 3.8) is 0 Å². The van der Waals surface area contributed by atoms with Crippen molar-refractivity contribution in [3.05, 3.63) is 0 Å². The number of hydrogen-bond acceptors (Lipinski definition) is 2. The van der Waals surface area contributed by atoms with Gasteiger partial charge in [0.25, 0.3) is 5.91 Å². The highest BCUT2D eigenvalue weighted by Gasteiger charge is 2.26. The molecule has 0 bridgehead atoms. The molecule has 78 valence electrons. The zero-order valence-corrected chi connectivity index (χ0v) is 10.5. The van der Waals surface area contributed by atoms with Crippen LogP contribution in [0.15, 0.2) is 0 Å². The summed E-state index contributed by atoms with van der Waals surface area (Å²) in [5.74, 6) is -0.420. The van der Waals surface area contributed by atoms with Gasteiger partial charge >= 0.3 is 0 Å². The molecule has 0 aromatic heterocycles. The molecule has 0 aliphatic rings. The lowest BCUT2D eigenvalue weighted by Gasteiger charge is -2.28. The van der Waals surface area contributed by atoms with Crippen LogP contribution in [0, 0.1) is 0 Å². The molecule has 9 heteroatoms. The monoisotopic (exact) mass is 283 g/mol. The molecule has 0 spiro atoms. The molecule has 4 N–H and O–H groups in total. The summed E-state index contributed by atoms with van der Waals surface area (Å²) < 4.78 is 1.06. The predicted octanol–water partition coefficient (Wildman–Crippen LogP) is 0.999. The number of amides is 1. The highest BCUT2D eigenvalue weighted by atomic mass is 35.5. The largest absolute Gasteiger partial charge is 0.288 e. The van der Waals surface area contributed by atoms with Crippen LogP contribution in [-0.2, 0) is 16.6 Å². The lowest BCUT2D eigenvalue weighted by molar-refractivity contribution is -0.124. The molecule has 0 rings (SSSR count). The van der Waals surface area contributed by atoms with Crippen molar-refractivity contribution in [1.29, 1.82) is 0 Å². The van der Waals surface area contributed by atoms with Crippen LogP contribution in [-0.4, -0.2) is 27.8 Å². The van der Waals surface area contributed by atoms with Gasteiger partial charge in [0, 0.05) is 12.4 Å². The lowest BCUT2D eigenvalue weighted by Crippen LogP contribution is -2.38. The van der Waals surface area contributed by atoms with Gasteiger partial charge in [0.05, 0.1) is 0 Å². The van der Waals surface area contributed by atoms with Crippen molar-refractivity contribution in [3.8, 4) is 0 Å². The maximum Gasteiger partial charge on any atom is 0.261 e. The number of carbonyl (C=O) groups is 1. The summed E-state index contributed by atoms with van der Waals surface area (Å²) in [7, 11) is 0. The van der Waals surface area contributed by atoms with Gasteiger partial charge in [-0.2, -0.15) is 0 Å². The first-order chi connectivity index (χ1) is 5.80. The number of rotatable bonds is 4. The average molecular weight is 285 g/mol. The molecule has 0 atom stereocenters. The van der Waals surface area contributed by atoms with Gasteiger partial charge in [-0.3, -0.25) is 20.5 Å². The minimum absolute atomic E-state index is 0.153. The molecule has 0 aliphatic carbocycles. The summed E-state index contributed by atoms with van der Waals surface area (Å²) in [6, 6.07) is 0. The van der Waals surface area contributed by atoms with Crippen LogP contribution in [0.4, 0.5) is 0 Å². The molecular formula is C4H9Cl3N3OPS. The Bertz CT molecular complexity index is 233. The third kappa shape index (κ3) is 4.79. The van der Waals surface area contributed by atoms with Crippen LogP contribution in [0.2, 0.25) is 0 Å². The molecule has 0 radical (unpaired) electrons. The number of nitrogens with two attached hydrogens (primary N) is 2. The van der Waals surface area contributed by atoms with Crippen molar-refractivity contribution < 1.29 is 4.79 Å². The first-order valence-electron chi connectivity index (χ1n) is 3.14. The van der Waals surface area contributed by atoms with Crippen LogP contribution in [0.25, 0.3) is 0 Å². The summed E-state index contributed by atoms with van der Waals surface area (Å²) in [6.45, 7) is -2.69. The molecule has 0 saturated heterocycles. The van der Waals surface area contributed by atoms with Gasteiger partial charge in [0.15, 0.2) is 11.3 Å². The van der Waals surface area contributed by atoms with E-state index in [1.807, 2.05) is 0 Å². The summed E-state index contributed by atoms with van der Waals surface area (Å²) in [5, 5.41) is 0. The summed E-state index contributed by atoms with van der Waals surface area (Å²) >= 11 is 20.9. The van der Waals surface area contributed by atoms with E-state index < -0.39 is 17.2 Å². The number of carbonyl (C=O) groups excluding carboxylic acids is 1. The molecule has 1 amide bonds. The van der Waals surface area contributed by atoms with Crippen molar-refractivity contribution in [2.24, 2.45) is 11.0 Å². The molecule has 0 fully saturated rings. The predicted molar refractivity (Wildman–Crippen MR) is 60.6 cm³/mol. The highest BCUT2D eigenvalue weighted by molar-refractivity contribution is 8.11. The van der Waals surface area contributed by atoms with Gasteiger partial charge in [-0.1, -0.05) is 23.2 Å².